The van der Waals surface area contributed by atoms with Gasteiger partial charge in [0.15, 0.2) is 17.3 Å². The lowest BCUT2D eigenvalue weighted by molar-refractivity contribution is 0.101. The van der Waals surface area contributed by atoms with Crippen molar-refractivity contribution in [1.29, 1.82) is 0 Å². The molecule has 3 aromatic rings. The SMILES string of the molecule is COc1cc(C(C)=O)ccc1OCc1cc(=O)n2ccccc2n1. The molecule has 0 bridgehead atoms. The van der Waals surface area contributed by atoms with E-state index in [1.807, 2.05) is 6.07 Å². The molecule has 0 aliphatic carbocycles. The maximum absolute atomic E-state index is 12.1. The van der Waals surface area contributed by atoms with Crippen molar-refractivity contribution in [3.05, 3.63) is 70.3 Å². The van der Waals surface area contributed by atoms with E-state index in [0.29, 0.717) is 28.4 Å². The summed E-state index contributed by atoms with van der Waals surface area (Å²) in [4.78, 5) is 27.9. The smallest absolute Gasteiger partial charge is 0.258 e. The minimum Gasteiger partial charge on any atom is -0.493 e. The van der Waals surface area contributed by atoms with Crippen molar-refractivity contribution in [2.75, 3.05) is 7.11 Å². The highest BCUT2D eigenvalue weighted by Gasteiger charge is 2.09. The fraction of sp³-hybridized carbons (Fsp3) is 0.167. The van der Waals surface area contributed by atoms with Crippen LogP contribution in [-0.2, 0) is 6.61 Å². The van der Waals surface area contributed by atoms with Gasteiger partial charge in [-0.1, -0.05) is 6.07 Å². The molecular formula is C18H16N2O4. The summed E-state index contributed by atoms with van der Waals surface area (Å²) in [6.07, 6.45) is 1.67. The van der Waals surface area contributed by atoms with Crippen molar-refractivity contribution >= 4 is 11.4 Å². The number of methoxy groups -OCH3 is 1. The lowest BCUT2D eigenvalue weighted by Crippen LogP contribution is -2.16. The number of carbonyl (C=O) groups is 1. The molecule has 0 spiro atoms. The molecule has 6 heteroatoms. The van der Waals surface area contributed by atoms with E-state index in [1.165, 1.54) is 24.5 Å². The molecular weight excluding hydrogens is 308 g/mol. The number of carbonyl (C=O) groups excluding carboxylic acids is 1. The van der Waals surface area contributed by atoms with Crippen molar-refractivity contribution in [2.24, 2.45) is 0 Å². The number of ether oxygens (including phenoxy) is 2. The van der Waals surface area contributed by atoms with Crippen LogP contribution in [0.25, 0.3) is 5.65 Å². The summed E-state index contributed by atoms with van der Waals surface area (Å²) in [5.74, 6) is 0.891. The van der Waals surface area contributed by atoms with Crippen LogP contribution in [0, 0.1) is 0 Å². The molecule has 24 heavy (non-hydrogen) atoms. The first kappa shape index (κ1) is 15.7. The van der Waals surface area contributed by atoms with Crippen LogP contribution in [0.1, 0.15) is 23.0 Å². The van der Waals surface area contributed by atoms with E-state index >= 15 is 0 Å². The second kappa shape index (κ2) is 6.54. The summed E-state index contributed by atoms with van der Waals surface area (Å²) in [5.41, 5.74) is 1.45. The highest BCUT2D eigenvalue weighted by atomic mass is 16.5. The zero-order chi connectivity index (χ0) is 17.1. The summed E-state index contributed by atoms with van der Waals surface area (Å²) < 4.78 is 12.4. The lowest BCUT2D eigenvalue weighted by atomic mass is 10.1. The van der Waals surface area contributed by atoms with Crippen molar-refractivity contribution in [3.63, 3.8) is 0 Å². The van der Waals surface area contributed by atoms with Gasteiger partial charge in [-0.3, -0.25) is 14.0 Å². The Hall–Kier alpha value is -3.15. The Morgan fingerprint density at radius 2 is 2.00 bits per heavy atom. The number of benzene rings is 1. The summed E-state index contributed by atoms with van der Waals surface area (Å²) >= 11 is 0. The Bertz CT molecular complexity index is 963. The zero-order valence-corrected chi connectivity index (χ0v) is 13.4. The number of pyridine rings is 1. The predicted octanol–water partition coefficient (Wildman–Crippen LogP) is 2.48. The largest absolute Gasteiger partial charge is 0.493 e. The number of hydrogen-bond donors (Lipinski definition) is 0. The molecule has 122 valence electrons. The highest BCUT2D eigenvalue weighted by molar-refractivity contribution is 5.94. The van der Waals surface area contributed by atoms with Gasteiger partial charge in [0.25, 0.3) is 5.56 Å². The van der Waals surface area contributed by atoms with Gasteiger partial charge < -0.3 is 9.47 Å². The van der Waals surface area contributed by atoms with Gasteiger partial charge in [-0.25, -0.2) is 4.98 Å². The molecule has 2 aromatic heterocycles. The number of fused-ring (bicyclic) bond motifs is 1. The molecule has 0 radical (unpaired) electrons. The molecule has 0 saturated carbocycles. The van der Waals surface area contributed by atoms with E-state index in [9.17, 15) is 9.59 Å². The molecule has 0 amide bonds. The van der Waals surface area contributed by atoms with Gasteiger partial charge in [-0.2, -0.15) is 0 Å². The van der Waals surface area contributed by atoms with Gasteiger partial charge in [-0.15, -0.1) is 0 Å². The molecule has 0 unspecified atom stereocenters. The summed E-state index contributed by atoms with van der Waals surface area (Å²) in [7, 11) is 1.51. The Kier molecular flexibility index (Phi) is 4.29. The van der Waals surface area contributed by atoms with Crippen LogP contribution in [0.2, 0.25) is 0 Å². The van der Waals surface area contributed by atoms with Crippen molar-refractivity contribution in [3.8, 4) is 11.5 Å². The molecule has 0 atom stereocenters. The molecule has 0 saturated heterocycles. The Labute approximate surface area is 138 Å². The van der Waals surface area contributed by atoms with Crippen LogP contribution in [0.3, 0.4) is 0 Å². The number of aromatic nitrogens is 2. The van der Waals surface area contributed by atoms with Crippen molar-refractivity contribution in [2.45, 2.75) is 13.5 Å². The molecule has 0 aliphatic heterocycles. The summed E-state index contributed by atoms with van der Waals surface area (Å²) in [6, 6.07) is 11.7. The van der Waals surface area contributed by atoms with E-state index in [-0.39, 0.29) is 17.9 Å². The second-order valence-electron chi connectivity index (χ2n) is 5.23. The summed E-state index contributed by atoms with van der Waals surface area (Å²) in [6.45, 7) is 1.61. The van der Waals surface area contributed by atoms with E-state index in [2.05, 4.69) is 4.98 Å². The van der Waals surface area contributed by atoms with Crippen LogP contribution < -0.4 is 15.0 Å². The van der Waals surface area contributed by atoms with Crippen molar-refractivity contribution in [1.82, 2.24) is 9.38 Å². The predicted molar refractivity (Wildman–Crippen MR) is 88.8 cm³/mol. The molecule has 1 aromatic carbocycles. The maximum atomic E-state index is 12.1. The van der Waals surface area contributed by atoms with Crippen LogP contribution in [-0.4, -0.2) is 22.3 Å². The first-order valence-electron chi connectivity index (χ1n) is 7.37. The zero-order valence-electron chi connectivity index (χ0n) is 13.4. The number of rotatable bonds is 5. The highest BCUT2D eigenvalue weighted by Crippen LogP contribution is 2.28. The first-order chi connectivity index (χ1) is 11.6. The van der Waals surface area contributed by atoms with Crippen LogP contribution in [0.4, 0.5) is 0 Å². The Balaban J connectivity index is 1.86. The second-order valence-corrected chi connectivity index (χ2v) is 5.23. The average Bonchev–Trinajstić information content (AvgIpc) is 2.59. The fourth-order valence-electron chi connectivity index (χ4n) is 2.33. The van der Waals surface area contributed by atoms with Crippen molar-refractivity contribution < 1.29 is 14.3 Å². The monoisotopic (exact) mass is 324 g/mol. The van der Waals surface area contributed by atoms with Gasteiger partial charge in [-0.05, 0) is 37.3 Å². The third kappa shape index (κ3) is 3.12. The van der Waals surface area contributed by atoms with Gasteiger partial charge >= 0.3 is 0 Å². The van der Waals surface area contributed by atoms with Gasteiger partial charge in [0.05, 0.1) is 12.8 Å². The normalized spacial score (nSPS) is 10.6. The van der Waals surface area contributed by atoms with E-state index in [1.54, 1.807) is 36.5 Å². The molecule has 6 nitrogen and oxygen atoms in total. The average molecular weight is 324 g/mol. The standard InChI is InChI=1S/C18H16N2O4/c1-12(21)13-6-7-15(16(9-13)23-2)24-11-14-10-18(22)20-8-4-3-5-17(20)19-14/h3-10H,11H2,1-2H3. The number of ketones is 1. The summed E-state index contributed by atoms with van der Waals surface area (Å²) in [5, 5.41) is 0. The third-order valence-electron chi connectivity index (χ3n) is 3.57. The van der Waals surface area contributed by atoms with Gasteiger partial charge in [0, 0.05) is 17.8 Å². The van der Waals surface area contributed by atoms with Crippen LogP contribution in [0.5, 0.6) is 11.5 Å². The first-order valence-corrected chi connectivity index (χ1v) is 7.37. The minimum absolute atomic E-state index is 0.0518. The molecule has 0 N–H and O–H groups in total. The number of hydrogen-bond acceptors (Lipinski definition) is 5. The van der Waals surface area contributed by atoms with E-state index in [0.717, 1.165) is 0 Å². The molecule has 3 rings (SSSR count). The topological polar surface area (TPSA) is 69.9 Å². The van der Waals surface area contributed by atoms with Crippen LogP contribution >= 0.6 is 0 Å². The molecule has 0 fully saturated rings. The number of nitrogens with zero attached hydrogens (tertiary/aromatic N) is 2. The molecule has 0 aliphatic rings. The minimum atomic E-state index is -0.168. The molecule has 2 heterocycles. The van der Waals surface area contributed by atoms with Gasteiger partial charge in [0.1, 0.15) is 12.3 Å². The Morgan fingerprint density at radius 3 is 2.75 bits per heavy atom. The maximum Gasteiger partial charge on any atom is 0.258 e. The van der Waals surface area contributed by atoms with Gasteiger partial charge in [0.2, 0.25) is 0 Å². The quantitative estimate of drug-likeness (QED) is 0.674. The number of Topliss-reactive ketones (excluding diaryl/α,β-unsaturated/α-hetero) is 1. The van der Waals surface area contributed by atoms with E-state index < -0.39 is 0 Å². The fourth-order valence-corrected chi connectivity index (χ4v) is 2.33. The Morgan fingerprint density at radius 1 is 1.17 bits per heavy atom. The third-order valence-corrected chi connectivity index (χ3v) is 3.57. The van der Waals surface area contributed by atoms with Crippen LogP contribution in [0.15, 0.2) is 53.5 Å². The van der Waals surface area contributed by atoms with E-state index in [4.69, 9.17) is 9.47 Å². The lowest BCUT2D eigenvalue weighted by Gasteiger charge is -2.11.